The van der Waals surface area contributed by atoms with Crippen LogP contribution in [0.5, 0.6) is 0 Å². The van der Waals surface area contributed by atoms with E-state index in [4.69, 9.17) is 16.3 Å². The van der Waals surface area contributed by atoms with Crippen molar-refractivity contribution in [3.63, 3.8) is 0 Å². The third kappa shape index (κ3) is 2.42. The van der Waals surface area contributed by atoms with Crippen molar-refractivity contribution in [2.45, 2.75) is 18.9 Å². The Hall–Kier alpha value is -0.610. The fourth-order valence-electron chi connectivity index (χ4n) is 1.44. The molecule has 0 saturated carbocycles. The lowest BCUT2D eigenvalue weighted by atomic mass is 10.2. The van der Waals surface area contributed by atoms with E-state index in [0.29, 0.717) is 26.0 Å². The van der Waals surface area contributed by atoms with Crippen LogP contribution in [-0.4, -0.2) is 42.4 Å². The molecule has 1 aliphatic rings. The van der Waals surface area contributed by atoms with Crippen LogP contribution in [0.4, 0.5) is 0 Å². The Morgan fingerprint density at radius 3 is 3.00 bits per heavy atom. The van der Waals surface area contributed by atoms with Gasteiger partial charge in [0.15, 0.2) is 0 Å². The number of likely N-dealkylation sites (tertiary alicyclic amines) is 1. The zero-order chi connectivity index (χ0) is 9.84. The van der Waals surface area contributed by atoms with Crippen molar-refractivity contribution >= 4 is 22.8 Å². The summed E-state index contributed by atoms with van der Waals surface area (Å²) in [6.45, 7) is 0.880. The van der Waals surface area contributed by atoms with E-state index >= 15 is 0 Å². The first-order chi connectivity index (χ1) is 6.16. The van der Waals surface area contributed by atoms with Gasteiger partial charge in [0.2, 0.25) is 11.1 Å². The van der Waals surface area contributed by atoms with Gasteiger partial charge >= 0.3 is 0 Å². The Labute approximate surface area is 81.8 Å². The summed E-state index contributed by atoms with van der Waals surface area (Å²) in [6, 6.07) is -0.440. The van der Waals surface area contributed by atoms with Crippen LogP contribution >= 0.6 is 11.6 Å². The van der Waals surface area contributed by atoms with Crippen molar-refractivity contribution in [1.29, 1.82) is 0 Å². The second-order valence-electron chi connectivity index (χ2n) is 2.94. The molecule has 1 atom stereocenters. The van der Waals surface area contributed by atoms with Gasteiger partial charge in [-0.05, 0) is 18.0 Å². The van der Waals surface area contributed by atoms with Gasteiger partial charge in [-0.1, -0.05) is 0 Å². The molecule has 1 saturated heterocycles. The zero-order valence-corrected chi connectivity index (χ0v) is 8.21. The van der Waals surface area contributed by atoms with E-state index < -0.39 is 11.3 Å². The summed E-state index contributed by atoms with van der Waals surface area (Å²) in [5, 5.41) is -0.457. The highest BCUT2D eigenvalue weighted by molar-refractivity contribution is 6.64. The lowest BCUT2D eigenvalue weighted by Gasteiger charge is -2.20. The SMILES string of the molecule is COCCN1C(=O)CC[C@H]1C(=O)Cl. The number of ether oxygens (including phenoxy) is 1. The molecular formula is C8H12ClNO3. The summed E-state index contributed by atoms with van der Waals surface area (Å²) in [4.78, 5) is 23.6. The summed E-state index contributed by atoms with van der Waals surface area (Å²) in [5.74, 6) is -0.0175. The summed E-state index contributed by atoms with van der Waals surface area (Å²) in [5.41, 5.74) is 0. The minimum absolute atomic E-state index is 0.0175. The first-order valence-corrected chi connectivity index (χ1v) is 4.52. The minimum Gasteiger partial charge on any atom is -0.383 e. The van der Waals surface area contributed by atoms with E-state index in [-0.39, 0.29) is 5.91 Å². The van der Waals surface area contributed by atoms with Gasteiger partial charge in [-0.25, -0.2) is 0 Å². The number of halogens is 1. The highest BCUT2D eigenvalue weighted by atomic mass is 35.5. The van der Waals surface area contributed by atoms with Gasteiger partial charge in [-0.3, -0.25) is 9.59 Å². The molecule has 74 valence electrons. The smallest absolute Gasteiger partial charge is 0.244 e. The molecule has 1 amide bonds. The Morgan fingerprint density at radius 1 is 1.77 bits per heavy atom. The average Bonchev–Trinajstić information content (AvgIpc) is 2.43. The third-order valence-electron chi connectivity index (χ3n) is 2.13. The predicted molar refractivity (Wildman–Crippen MR) is 47.5 cm³/mol. The molecule has 0 aromatic heterocycles. The molecule has 13 heavy (non-hydrogen) atoms. The topological polar surface area (TPSA) is 46.6 Å². The molecule has 0 aromatic carbocycles. The van der Waals surface area contributed by atoms with Gasteiger partial charge < -0.3 is 9.64 Å². The lowest BCUT2D eigenvalue weighted by Crippen LogP contribution is -2.38. The lowest BCUT2D eigenvalue weighted by molar-refractivity contribution is -0.132. The van der Waals surface area contributed by atoms with Crippen LogP contribution in [0.2, 0.25) is 0 Å². The van der Waals surface area contributed by atoms with E-state index in [1.165, 1.54) is 4.90 Å². The minimum atomic E-state index is -0.457. The molecular weight excluding hydrogens is 194 g/mol. The van der Waals surface area contributed by atoms with Crippen LogP contribution in [0.15, 0.2) is 0 Å². The second kappa shape index (κ2) is 4.58. The van der Waals surface area contributed by atoms with Crippen molar-refractivity contribution in [3.05, 3.63) is 0 Å². The van der Waals surface area contributed by atoms with Crippen LogP contribution in [0.1, 0.15) is 12.8 Å². The highest BCUT2D eigenvalue weighted by Crippen LogP contribution is 2.20. The molecule has 1 fully saturated rings. The molecule has 0 unspecified atom stereocenters. The Bertz CT molecular complexity index is 219. The Morgan fingerprint density at radius 2 is 2.46 bits per heavy atom. The Kier molecular flexibility index (Phi) is 3.69. The van der Waals surface area contributed by atoms with Gasteiger partial charge in [0.25, 0.3) is 0 Å². The molecule has 0 aromatic rings. The molecule has 1 rings (SSSR count). The van der Waals surface area contributed by atoms with E-state index in [1.54, 1.807) is 7.11 Å². The molecule has 0 spiro atoms. The quantitative estimate of drug-likeness (QED) is 0.624. The number of rotatable bonds is 4. The summed E-state index contributed by atoms with van der Waals surface area (Å²) in [7, 11) is 1.55. The maximum Gasteiger partial charge on any atom is 0.244 e. The van der Waals surface area contributed by atoms with Gasteiger partial charge in [0, 0.05) is 20.1 Å². The van der Waals surface area contributed by atoms with Crippen molar-refractivity contribution in [3.8, 4) is 0 Å². The highest BCUT2D eigenvalue weighted by Gasteiger charge is 2.34. The van der Waals surface area contributed by atoms with E-state index in [9.17, 15) is 9.59 Å². The average molecular weight is 206 g/mol. The van der Waals surface area contributed by atoms with Crippen molar-refractivity contribution in [2.24, 2.45) is 0 Å². The van der Waals surface area contributed by atoms with Crippen LogP contribution in [-0.2, 0) is 14.3 Å². The van der Waals surface area contributed by atoms with Crippen molar-refractivity contribution in [1.82, 2.24) is 4.90 Å². The molecule has 1 aliphatic heterocycles. The molecule has 0 bridgehead atoms. The fourth-order valence-corrected chi connectivity index (χ4v) is 1.67. The van der Waals surface area contributed by atoms with Gasteiger partial charge in [-0.15, -0.1) is 0 Å². The molecule has 1 heterocycles. The number of hydrogen-bond acceptors (Lipinski definition) is 3. The van der Waals surface area contributed by atoms with Crippen LogP contribution < -0.4 is 0 Å². The largest absolute Gasteiger partial charge is 0.383 e. The number of carbonyl (C=O) groups excluding carboxylic acids is 2. The Balaban J connectivity index is 2.55. The maximum atomic E-state index is 11.3. The molecule has 4 nitrogen and oxygen atoms in total. The molecule has 0 N–H and O–H groups in total. The van der Waals surface area contributed by atoms with Crippen LogP contribution in [0, 0.1) is 0 Å². The number of methoxy groups -OCH3 is 1. The van der Waals surface area contributed by atoms with E-state index in [1.807, 2.05) is 0 Å². The number of carbonyl (C=O) groups is 2. The van der Waals surface area contributed by atoms with Crippen LogP contribution in [0.25, 0.3) is 0 Å². The number of nitrogens with zero attached hydrogens (tertiary/aromatic N) is 1. The van der Waals surface area contributed by atoms with Gasteiger partial charge in [-0.2, -0.15) is 0 Å². The maximum absolute atomic E-state index is 11.3. The second-order valence-corrected chi connectivity index (χ2v) is 3.31. The number of hydrogen-bond donors (Lipinski definition) is 0. The first kappa shape index (κ1) is 10.5. The zero-order valence-electron chi connectivity index (χ0n) is 7.46. The standard InChI is InChI=1S/C8H12ClNO3/c1-13-5-4-10-6(8(9)12)2-3-7(10)11/h6H,2-5H2,1H3/t6-/m0/s1. The van der Waals surface area contributed by atoms with Crippen LogP contribution in [0.3, 0.4) is 0 Å². The van der Waals surface area contributed by atoms with E-state index in [0.717, 1.165) is 0 Å². The molecule has 5 heteroatoms. The molecule has 0 radical (unpaired) electrons. The number of amides is 1. The fraction of sp³-hybridized carbons (Fsp3) is 0.750. The molecule has 0 aliphatic carbocycles. The van der Waals surface area contributed by atoms with Crippen molar-refractivity contribution in [2.75, 3.05) is 20.3 Å². The third-order valence-corrected chi connectivity index (χ3v) is 2.38. The first-order valence-electron chi connectivity index (χ1n) is 4.14. The van der Waals surface area contributed by atoms with Gasteiger partial charge in [0.1, 0.15) is 6.04 Å². The summed E-state index contributed by atoms with van der Waals surface area (Å²) < 4.78 is 4.83. The predicted octanol–water partition coefficient (Wildman–Crippen LogP) is 0.389. The van der Waals surface area contributed by atoms with Crippen molar-refractivity contribution < 1.29 is 14.3 Å². The monoisotopic (exact) mass is 205 g/mol. The summed E-state index contributed by atoms with van der Waals surface area (Å²) in [6.07, 6.45) is 0.942. The van der Waals surface area contributed by atoms with E-state index in [2.05, 4.69) is 0 Å². The normalized spacial score (nSPS) is 22.5. The van der Waals surface area contributed by atoms with Gasteiger partial charge in [0.05, 0.1) is 6.61 Å². The summed E-state index contributed by atoms with van der Waals surface area (Å²) >= 11 is 5.35.